The molecule has 0 aliphatic carbocycles. The molecule has 236 valence electrons. The predicted molar refractivity (Wildman–Crippen MR) is 178 cm³/mol. The third-order valence-corrected chi connectivity index (χ3v) is 9.65. The largest absolute Gasteiger partial charge is 0.497 e. The second kappa shape index (κ2) is 15.2. The third-order valence-electron chi connectivity index (χ3n) is 7.38. The predicted octanol–water partition coefficient (Wildman–Crippen LogP) is 7.36. The molecule has 4 aromatic rings. The first-order valence-electron chi connectivity index (χ1n) is 14.1. The van der Waals surface area contributed by atoms with E-state index in [0.29, 0.717) is 56.8 Å². The van der Waals surface area contributed by atoms with Gasteiger partial charge < -0.3 is 28.4 Å². The van der Waals surface area contributed by atoms with Crippen LogP contribution in [0.25, 0.3) is 12.2 Å². The van der Waals surface area contributed by atoms with Crippen LogP contribution in [0.3, 0.4) is 0 Å². The van der Waals surface area contributed by atoms with Gasteiger partial charge in [0.1, 0.15) is 45.0 Å². The Kier molecular flexibility index (Phi) is 11.2. The second-order valence-corrected chi connectivity index (χ2v) is 12.1. The number of methoxy groups -OCH3 is 6. The van der Waals surface area contributed by atoms with Crippen molar-refractivity contribution >= 4 is 22.0 Å². The van der Waals surface area contributed by atoms with E-state index in [1.807, 2.05) is 12.1 Å². The van der Waals surface area contributed by atoms with Crippen LogP contribution in [-0.4, -0.2) is 51.1 Å². The van der Waals surface area contributed by atoms with E-state index in [9.17, 15) is 8.42 Å². The van der Waals surface area contributed by atoms with Crippen molar-refractivity contribution in [3.05, 3.63) is 119 Å². The first kappa shape index (κ1) is 33.0. The van der Waals surface area contributed by atoms with Crippen molar-refractivity contribution in [2.45, 2.75) is 10.5 Å². The van der Waals surface area contributed by atoms with Crippen molar-refractivity contribution < 1.29 is 36.8 Å². The van der Waals surface area contributed by atoms with Gasteiger partial charge in [0.15, 0.2) is 9.84 Å². The van der Waals surface area contributed by atoms with Gasteiger partial charge in [0.2, 0.25) is 0 Å². The molecule has 0 radical (unpaired) electrons. The molecular formula is C36H38O8S. The molecule has 0 aliphatic heterocycles. The maximum absolute atomic E-state index is 14.8. The van der Waals surface area contributed by atoms with Gasteiger partial charge in [-0.25, -0.2) is 8.42 Å². The minimum Gasteiger partial charge on any atom is -0.497 e. The van der Waals surface area contributed by atoms with Crippen LogP contribution in [0.5, 0.6) is 34.5 Å². The van der Waals surface area contributed by atoms with Crippen LogP contribution in [0, 0.1) is 0 Å². The van der Waals surface area contributed by atoms with Crippen molar-refractivity contribution in [3.63, 3.8) is 0 Å². The van der Waals surface area contributed by atoms with Gasteiger partial charge in [0.05, 0.1) is 42.7 Å². The van der Waals surface area contributed by atoms with Crippen LogP contribution in [0.2, 0.25) is 0 Å². The standard InChI is InChI=1S/C36H38O8S/c1-39-29-15-9-27(10-16-29)35(21-13-25-7-19-31(41-3)23-33(25)43-5)45(37,38)36(28-11-17-30(40-2)18-12-28)22-14-26-8-20-32(42-4)24-34(26)44-6/h7-24,35-36H,1-6H3/b21-13+,22-14+. The highest BCUT2D eigenvalue weighted by Gasteiger charge is 2.34. The summed E-state index contributed by atoms with van der Waals surface area (Å²) in [5, 5.41) is -2.07. The first-order chi connectivity index (χ1) is 21.8. The van der Waals surface area contributed by atoms with E-state index in [2.05, 4.69) is 0 Å². The van der Waals surface area contributed by atoms with E-state index < -0.39 is 20.3 Å². The zero-order valence-electron chi connectivity index (χ0n) is 26.2. The summed E-state index contributed by atoms with van der Waals surface area (Å²) in [6.07, 6.45) is 6.87. The Hall–Kier alpha value is -4.89. The fraction of sp³-hybridized carbons (Fsp3) is 0.222. The van der Waals surface area contributed by atoms with Crippen molar-refractivity contribution in [2.75, 3.05) is 42.7 Å². The van der Waals surface area contributed by atoms with Crippen LogP contribution in [0.4, 0.5) is 0 Å². The van der Waals surface area contributed by atoms with Crippen molar-refractivity contribution in [2.24, 2.45) is 0 Å². The number of benzene rings is 4. The maximum Gasteiger partial charge on any atom is 0.171 e. The summed E-state index contributed by atoms with van der Waals surface area (Å²) >= 11 is 0. The van der Waals surface area contributed by atoms with Crippen LogP contribution in [0.1, 0.15) is 32.8 Å². The molecule has 4 aromatic carbocycles. The summed E-state index contributed by atoms with van der Waals surface area (Å²) in [6.45, 7) is 0. The summed E-state index contributed by atoms with van der Waals surface area (Å²) in [5.74, 6) is 3.59. The van der Waals surface area contributed by atoms with E-state index in [1.54, 1.807) is 140 Å². The van der Waals surface area contributed by atoms with Gasteiger partial charge in [-0.15, -0.1) is 0 Å². The number of hydrogen-bond acceptors (Lipinski definition) is 8. The minimum absolute atomic E-state index is 0.551. The Balaban J connectivity index is 1.87. The molecule has 0 aromatic heterocycles. The molecule has 0 amide bonds. The fourth-order valence-electron chi connectivity index (χ4n) is 4.86. The molecule has 4 rings (SSSR count). The molecule has 0 bridgehead atoms. The van der Waals surface area contributed by atoms with Crippen molar-refractivity contribution in [3.8, 4) is 34.5 Å². The average Bonchev–Trinajstić information content (AvgIpc) is 3.08. The summed E-state index contributed by atoms with van der Waals surface area (Å²) < 4.78 is 62.1. The van der Waals surface area contributed by atoms with Gasteiger partial charge in [0, 0.05) is 23.3 Å². The molecule has 8 nitrogen and oxygen atoms in total. The highest BCUT2D eigenvalue weighted by atomic mass is 32.2. The van der Waals surface area contributed by atoms with Gasteiger partial charge >= 0.3 is 0 Å². The Morgan fingerprint density at radius 2 is 0.800 bits per heavy atom. The Labute approximate surface area is 265 Å². The zero-order chi connectivity index (χ0) is 32.4. The molecular weight excluding hydrogens is 592 g/mol. The Bertz CT molecular complexity index is 1600. The number of rotatable bonds is 14. The number of ether oxygens (including phenoxy) is 6. The first-order valence-corrected chi connectivity index (χ1v) is 15.7. The van der Waals surface area contributed by atoms with Crippen LogP contribution in [0.15, 0.2) is 97.1 Å². The molecule has 0 aliphatic rings. The summed E-state index contributed by atoms with van der Waals surface area (Å²) in [7, 11) is 5.40. The molecule has 2 unspecified atom stereocenters. The van der Waals surface area contributed by atoms with E-state index in [0.717, 1.165) is 0 Å². The number of hydrogen-bond donors (Lipinski definition) is 0. The summed E-state index contributed by atoms with van der Waals surface area (Å²) in [6, 6.07) is 24.8. The minimum atomic E-state index is -4.00. The molecule has 0 saturated carbocycles. The van der Waals surface area contributed by atoms with Crippen molar-refractivity contribution in [1.29, 1.82) is 0 Å². The molecule has 45 heavy (non-hydrogen) atoms. The lowest BCUT2D eigenvalue weighted by Gasteiger charge is -2.22. The Morgan fingerprint density at radius 3 is 1.11 bits per heavy atom. The fourth-order valence-corrected chi connectivity index (χ4v) is 6.84. The van der Waals surface area contributed by atoms with E-state index in [1.165, 1.54) is 0 Å². The SMILES string of the molecule is COc1ccc(C(/C=C/c2ccc(OC)cc2OC)S(=O)(=O)C(/C=C/c2ccc(OC)cc2OC)c2ccc(OC)cc2)cc1. The van der Waals surface area contributed by atoms with E-state index in [-0.39, 0.29) is 0 Å². The lowest BCUT2D eigenvalue weighted by atomic mass is 10.1. The molecule has 9 heteroatoms. The second-order valence-electron chi connectivity index (χ2n) is 9.91. The smallest absolute Gasteiger partial charge is 0.171 e. The highest BCUT2D eigenvalue weighted by Crippen LogP contribution is 2.39. The normalized spacial score (nSPS) is 12.9. The van der Waals surface area contributed by atoms with E-state index in [4.69, 9.17) is 28.4 Å². The van der Waals surface area contributed by atoms with Crippen LogP contribution in [-0.2, 0) is 9.84 Å². The van der Waals surface area contributed by atoms with Crippen LogP contribution < -0.4 is 28.4 Å². The van der Waals surface area contributed by atoms with Gasteiger partial charge in [0.25, 0.3) is 0 Å². The molecule has 0 heterocycles. The van der Waals surface area contributed by atoms with E-state index >= 15 is 0 Å². The summed E-state index contributed by atoms with van der Waals surface area (Å²) in [5.41, 5.74) is 2.56. The lowest BCUT2D eigenvalue weighted by molar-refractivity contribution is 0.393. The monoisotopic (exact) mass is 630 g/mol. The average molecular weight is 631 g/mol. The van der Waals surface area contributed by atoms with Crippen LogP contribution >= 0.6 is 0 Å². The molecule has 0 spiro atoms. The van der Waals surface area contributed by atoms with Gasteiger partial charge in [-0.3, -0.25) is 0 Å². The molecule has 0 fully saturated rings. The number of sulfone groups is 1. The van der Waals surface area contributed by atoms with Gasteiger partial charge in [-0.2, -0.15) is 0 Å². The maximum atomic E-state index is 14.8. The quantitative estimate of drug-likeness (QED) is 0.143. The molecule has 0 N–H and O–H groups in total. The van der Waals surface area contributed by atoms with Crippen molar-refractivity contribution in [1.82, 2.24) is 0 Å². The van der Waals surface area contributed by atoms with Gasteiger partial charge in [-0.1, -0.05) is 48.6 Å². The summed E-state index contributed by atoms with van der Waals surface area (Å²) in [4.78, 5) is 0. The zero-order valence-corrected chi connectivity index (χ0v) is 27.0. The molecule has 0 saturated heterocycles. The Morgan fingerprint density at radius 1 is 0.467 bits per heavy atom. The lowest BCUT2D eigenvalue weighted by Crippen LogP contribution is -2.19. The highest BCUT2D eigenvalue weighted by molar-refractivity contribution is 7.92. The molecule has 2 atom stereocenters. The topological polar surface area (TPSA) is 89.5 Å². The van der Waals surface area contributed by atoms with Gasteiger partial charge in [-0.05, 0) is 59.7 Å². The third kappa shape index (κ3) is 7.80.